The van der Waals surface area contributed by atoms with Crippen molar-refractivity contribution in [3.8, 4) is 0 Å². The van der Waals surface area contributed by atoms with Gasteiger partial charge in [0.2, 0.25) is 19.2 Å². The van der Waals surface area contributed by atoms with Crippen molar-refractivity contribution in [1.29, 1.82) is 0 Å². The Morgan fingerprint density at radius 1 is 1.11 bits per heavy atom. The summed E-state index contributed by atoms with van der Waals surface area (Å²) in [5.74, 6) is 1.02. The minimum Gasteiger partial charge on any atom is -0.356 e. The van der Waals surface area contributed by atoms with Gasteiger partial charge in [0.1, 0.15) is 0 Å². The van der Waals surface area contributed by atoms with E-state index in [2.05, 4.69) is 21.3 Å². The molecule has 2 fully saturated rings. The number of thioether (sulfide) groups is 1. The largest absolute Gasteiger partial charge is 0.356 e. The summed E-state index contributed by atoms with van der Waals surface area (Å²) in [4.78, 5) is 46.0. The molecule has 0 aromatic rings. The van der Waals surface area contributed by atoms with Crippen molar-refractivity contribution >= 4 is 37.0 Å². The Labute approximate surface area is 219 Å². The van der Waals surface area contributed by atoms with E-state index in [1.165, 1.54) is 0 Å². The molecular formula is C25H43N4O5PS. The molecule has 204 valence electrons. The van der Waals surface area contributed by atoms with E-state index in [9.17, 15) is 23.8 Å². The number of hydrogen-bond donors (Lipinski definition) is 5. The molecule has 3 rings (SSSR count). The van der Waals surface area contributed by atoms with Crippen molar-refractivity contribution in [3.05, 3.63) is 11.4 Å². The Bertz CT molecular complexity index is 854. The van der Waals surface area contributed by atoms with Gasteiger partial charge >= 0.3 is 6.03 Å². The number of carbonyl (C=O) groups excluding carboxylic acids is 3. The van der Waals surface area contributed by atoms with Crippen LogP contribution in [0.25, 0.3) is 0 Å². The molecule has 5 N–H and O–H groups in total. The first kappa shape index (κ1) is 29.1. The third-order valence-corrected chi connectivity index (χ3v) is 10.9. The number of urea groups is 1. The van der Waals surface area contributed by atoms with Crippen LogP contribution in [-0.2, 0) is 14.2 Å². The molecule has 1 aliphatic carbocycles. The van der Waals surface area contributed by atoms with Gasteiger partial charge in [-0.25, -0.2) is 4.79 Å². The minimum atomic E-state index is -3.24. The zero-order valence-electron chi connectivity index (χ0n) is 21.4. The first-order valence-electron chi connectivity index (χ1n) is 13.5. The maximum absolute atomic E-state index is 12.4. The number of amides is 4. The molecule has 2 heterocycles. The van der Waals surface area contributed by atoms with Gasteiger partial charge in [0, 0.05) is 47.9 Å². The van der Waals surface area contributed by atoms with Crippen molar-refractivity contribution in [1.82, 2.24) is 21.3 Å². The molecule has 11 heteroatoms. The SMILES string of the molecule is CCCCP(=O)(O)C1=CC[C@H](NC(=O)CCCCCNC(=O)CCCC[C@H]2SC[C@H]3NC(=O)N[C@H]32)C1. The van der Waals surface area contributed by atoms with Crippen LogP contribution in [0, 0.1) is 0 Å². The first-order valence-corrected chi connectivity index (χ1v) is 16.4. The Morgan fingerprint density at radius 2 is 1.89 bits per heavy atom. The van der Waals surface area contributed by atoms with Crippen LogP contribution < -0.4 is 21.3 Å². The quantitative estimate of drug-likeness (QED) is 0.115. The Balaban J connectivity index is 1.15. The highest BCUT2D eigenvalue weighted by molar-refractivity contribution is 8.00. The summed E-state index contributed by atoms with van der Waals surface area (Å²) in [6.45, 7) is 2.63. The summed E-state index contributed by atoms with van der Waals surface area (Å²) in [7, 11) is -3.24. The predicted molar refractivity (Wildman–Crippen MR) is 144 cm³/mol. The van der Waals surface area contributed by atoms with Crippen molar-refractivity contribution < 1.29 is 23.8 Å². The summed E-state index contributed by atoms with van der Waals surface area (Å²) in [6.07, 6.45) is 11.2. The van der Waals surface area contributed by atoms with E-state index in [-0.39, 0.29) is 36.0 Å². The van der Waals surface area contributed by atoms with Crippen molar-refractivity contribution in [3.63, 3.8) is 0 Å². The van der Waals surface area contributed by atoms with E-state index in [4.69, 9.17) is 0 Å². The van der Waals surface area contributed by atoms with Crippen LogP contribution in [-0.4, -0.2) is 64.6 Å². The lowest BCUT2D eigenvalue weighted by Gasteiger charge is -2.16. The van der Waals surface area contributed by atoms with Gasteiger partial charge in [0.05, 0.1) is 12.1 Å². The highest BCUT2D eigenvalue weighted by Gasteiger charge is 2.42. The van der Waals surface area contributed by atoms with Crippen LogP contribution in [0.5, 0.6) is 0 Å². The summed E-state index contributed by atoms with van der Waals surface area (Å²) in [5.41, 5.74) is 0. The second-order valence-electron chi connectivity index (χ2n) is 10.2. The van der Waals surface area contributed by atoms with Gasteiger partial charge in [0.25, 0.3) is 0 Å². The van der Waals surface area contributed by atoms with Crippen LogP contribution in [0.2, 0.25) is 0 Å². The summed E-state index contributed by atoms with van der Waals surface area (Å²) < 4.78 is 12.4. The monoisotopic (exact) mass is 542 g/mol. The van der Waals surface area contributed by atoms with Gasteiger partial charge < -0.3 is 26.2 Å². The summed E-state index contributed by atoms with van der Waals surface area (Å²) >= 11 is 1.90. The van der Waals surface area contributed by atoms with Crippen LogP contribution in [0.4, 0.5) is 4.79 Å². The molecule has 5 atom stereocenters. The van der Waals surface area contributed by atoms with Gasteiger partial charge in [-0.1, -0.05) is 32.3 Å². The summed E-state index contributed by atoms with van der Waals surface area (Å²) in [6, 6.07) is 0.334. The molecule has 9 nitrogen and oxygen atoms in total. The van der Waals surface area contributed by atoms with Crippen LogP contribution >= 0.6 is 19.1 Å². The minimum absolute atomic E-state index is 0.0142. The number of fused-ring (bicyclic) bond motifs is 1. The van der Waals surface area contributed by atoms with Crippen LogP contribution in [0.1, 0.15) is 84.0 Å². The smallest absolute Gasteiger partial charge is 0.315 e. The number of rotatable bonds is 16. The number of unbranched alkanes of at least 4 members (excludes halogenated alkanes) is 4. The fourth-order valence-corrected chi connectivity index (χ4v) is 8.56. The van der Waals surface area contributed by atoms with E-state index in [0.29, 0.717) is 49.0 Å². The molecule has 3 aliphatic rings. The van der Waals surface area contributed by atoms with Crippen LogP contribution in [0.3, 0.4) is 0 Å². The third kappa shape index (κ3) is 9.10. The van der Waals surface area contributed by atoms with Gasteiger partial charge in [-0.3, -0.25) is 14.2 Å². The standard InChI is InChI=1S/C25H43N4O5PS/c1-2-3-15-35(33,34)19-13-12-18(16-19)27-23(31)11-5-4-8-14-26-22(30)10-7-6-9-21-24-20(17-36-21)28-25(32)29-24/h13,18,20-21,24H,2-12,14-17H2,1H3,(H,26,30)(H,27,31)(H,33,34)(H2,28,29,32)/t18-,20+,21+,24+/m0/s1. The van der Waals surface area contributed by atoms with E-state index in [1.807, 2.05) is 24.8 Å². The first-order chi connectivity index (χ1) is 17.3. The van der Waals surface area contributed by atoms with Crippen molar-refractivity contribution in [2.75, 3.05) is 18.5 Å². The lowest BCUT2D eigenvalue weighted by atomic mass is 10.0. The van der Waals surface area contributed by atoms with E-state index in [1.54, 1.807) is 0 Å². The topological polar surface area (TPSA) is 137 Å². The van der Waals surface area contributed by atoms with E-state index in [0.717, 1.165) is 57.1 Å². The molecule has 2 saturated heterocycles. The predicted octanol–water partition coefficient (Wildman–Crippen LogP) is 3.62. The number of nitrogens with one attached hydrogen (secondary N) is 4. The van der Waals surface area contributed by atoms with Crippen molar-refractivity contribution in [2.45, 2.75) is 107 Å². The van der Waals surface area contributed by atoms with Crippen LogP contribution in [0.15, 0.2) is 11.4 Å². The molecule has 0 saturated carbocycles. The highest BCUT2D eigenvalue weighted by atomic mass is 32.2. The highest BCUT2D eigenvalue weighted by Crippen LogP contribution is 2.54. The van der Waals surface area contributed by atoms with E-state index >= 15 is 0 Å². The van der Waals surface area contributed by atoms with Gasteiger partial charge in [-0.05, 0) is 44.9 Å². The number of hydrogen-bond acceptors (Lipinski definition) is 5. The van der Waals surface area contributed by atoms with Gasteiger partial charge in [0.15, 0.2) is 0 Å². The van der Waals surface area contributed by atoms with Gasteiger partial charge in [-0.2, -0.15) is 11.8 Å². The molecular weight excluding hydrogens is 499 g/mol. The fraction of sp³-hybridized carbons (Fsp3) is 0.800. The molecule has 1 unspecified atom stereocenters. The number of carbonyl (C=O) groups is 3. The lowest BCUT2D eigenvalue weighted by Crippen LogP contribution is -2.36. The second-order valence-corrected chi connectivity index (χ2v) is 13.9. The Kier molecular flexibility index (Phi) is 11.6. The average Bonchev–Trinajstić information content (AvgIpc) is 3.54. The normalized spacial score (nSPS) is 26.5. The maximum atomic E-state index is 12.4. The summed E-state index contributed by atoms with van der Waals surface area (Å²) in [5, 5.41) is 13.0. The fourth-order valence-electron chi connectivity index (χ4n) is 5.09. The zero-order valence-corrected chi connectivity index (χ0v) is 23.1. The molecule has 4 amide bonds. The van der Waals surface area contributed by atoms with E-state index < -0.39 is 7.37 Å². The van der Waals surface area contributed by atoms with Gasteiger partial charge in [-0.15, -0.1) is 0 Å². The van der Waals surface area contributed by atoms with Crippen molar-refractivity contribution in [2.24, 2.45) is 0 Å². The molecule has 36 heavy (non-hydrogen) atoms. The maximum Gasteiger partial charge on any atom is 0.315 e. The molecule has 0 aromatic carbocycles. The lowest BCUT2D eigenvalue weighted by molar-refractivity contribution is -0.122. The zero-order chi connectivity index (χ0) is 26.0. The molecule has 0 bridgehead atoms. The second kappa shape index (κ2) is 14.4. The molecule has 0 radical (unpaired) electrons. The Morgan fingerprint density at radius 3 is 2.69 bits per heavy atom. The molecule has 2 aliphatic heterocycles. The molecule has 0 aromatic heterocycles. The Hall–Kier alpha value is -1.51. The average molecular weight is 543 g/mol. The third-order valence-electron chi connectivity index (χ3n) is 7.21. The molecule has 0 spiro atoms.